The molecule has 3 amide bonds. The molecule has 1 N–H and O–H groups in total. The van der Waals surface area contributed by atoms with E-state index in [1.165, 1.54) is 0 Å². The highest BCUT2D eigenvalue weighted by molar-refractivity contribution is 6.11. The molecule has 2 bridgehead atoms. The number of fused-ring (bicyclic) bond motifs is 4. The first-order chi connectivity index (χ1) is 15.4. The van der Waals surface area contributed by atoms with Crippen LogP contribution in [0.1, 0.15) is 51.5 Å². The standard InChI is InChI=1S/C25H34N4O3/c1-17(2)15-22(30)27-11-6-10-26-23(31)20-16-18-7-5-12-29(18)25(20)19-8-3-4-9-21(19)28(14-13-27)24(25)32/h3-4,8-9,17-18,20H,5-7,10-16H2,1-2H3,(H,26,31)/t18-,20-,25+/m0/s1. The molecule has 3 atom stereocenters. The van der Waals surface area contributed by atoms with Crippen LogP contribution in [0, 0.1) is 11.8 Å². The molecule has 7 heteroatoms. The van der Waals surface area contributed by atoms with Gasteiger partial charge in [0.1, 0.15) is 5.54 Å². The molecule has 0 aliphatic carbocycles. The van der Waals surface area contributed by atoms with Gasteiger partial charge in [0.25, 0.3) is 5.91 Å². The molecule has 4 aliphatic rings. The van der Waals surface area contributed by atoms with Crippen LogP contribution in [0.15, 0.2) is 24.3 Å². The first-order valence-corrected chi connectivity index (χ1v) is 12.2. The van der Waals surface area contributed by atoms with Crippen LogP contribution in [0.5, 0.6) is 0 Å². The van der Waals surface area contributed by atoms with Crippen molar-refractivity contribution in [3.8, 4) is 0 Å². The molecule has 3 saturated heterocycles. The normalized spacial score (nSPS) is 30.5. The summed E-state index contributed by atoms with van der Waals surface area (Å²) in [5.74, 6) is 0.0263. The van der Waals surface area contributed by atoms with Crippen molar-refractivity contribution >= 4 is 23.4 Å². The van der Waals surface area contributed by atoms with E-state index in [-0.39, 0.29) is 35.6 Å². The second-order valence-corrected chi connectivity index (χ2v) is 10.1. The highest BCUT2D eigenvalue weighted by Gasteiger charge is 2.67. The number of benzene rings is 1. The molecule has 7 nitrogen and oxygen atoms in total. The molecule has 5 rings (SSSR count). The van der Waals surface area contributed by atoms with Crippen molar-refractivity contribution in [2.24, 2.45) is 11.8 Å². The summed E-state index contributed by atoms with van der Waals surface area (Å²) < 4.78 is 0. The van der Waals surface area contributed by atoms with Gasteiger partial charge in [-0.1, -0.05) is 32.0 Å². The van der Waals surface area contributed by atoms with Crippen LogP contribution >= 0.6 is 0 Å². The third-order valence-corrected chi connectivity index (χ3v) is 7.77. The Labute approximate surface area is 190 Å². The Balaban J connectivity index is 1.56. The fraction of sp³-hybridized carbons (Fsp3) is 0.640. The first kappa shape index (κ1) is 21.4. The second kappa shape index (κ2) is 8.18. The van der Waals surface area contributed by atoms with Gasteiger partial charge in [-0.25, -0.2) is 0 Å². The third kappa shape index (κ3) is 3.16. The summed E-state index contributed by atoms with van der Waals surface area (Å²) in [7, 11) is 0. The number of hydrogen-bond donors (Lipinski definition) is 1. The molecule has 1 aromatic carbocycles. The molecule has 0 aromatic heterocycles. The van der Waals surface area contributed by atoms with Crippen molar-refractivity contribution in [1.82, 2.24) is 15.1 Å². The first-order valence-electron chi connectivity index (χ1n) is 12.2. The molecule has 0 radical (unpaired) electrons. The van der Waals surface area contributed by atoms with E-state index < -0.39 is 5.54 Å². The van der Waals surface area contributed by atoms with Crippen molar-refractivity contribution in [1.29, 1.82) is 0 Å². The number of anilines is 1. The minimum Gasteiger partial charge on any atom is -0.356 e. The zero-order valence-corrected chi connectivity index (χ0v) is 19.2. The topological polar surface area (TPSA) is 73.0 Å². The second-order valence-electron chi connectivity index (χ2n) is 10.1. The summed E-state index contributed by atoms with van der Waals surface area (Å²) in [6.07, 6.45) is 4.06. The van der Waals surface area contributed by atoms with Gasteiger partial charge in [0.15, 0.2) is 0 Å². The van der Waals surface area contributed by atoms with E-state index in [1.807, 2.05) is 47.9 Å². The monoisotopic (exact) mass is 438 g/mol. The Morgan fingerprint density at radius 1 is 1.12 bits per heavy atom. The van der Waals surface area contributed by atoms with Crippen LogP contribution in [0.2, 0.25) is 0 Å². The number of amides is 3. The average molecular weight is 439 g/mol. The van der Waals surface area contributed by atoms with Crippen LogP contribution in [-0.4, -0.2) is 66.3 Å². The largest absolute Gasteiger partial charge is 0.356 e. The number of nitrogens with one attached hydrogen (secondary N) is 1. The number of nitrogens with zero attached hydrogens (tertiary/aromatic N) is 3. The number of rotatable bonds is 2. The Bertz CT molecular complexity index is 932. The number of hydrogen-bond acceptors (Lipinski definition) is 4. The van der Waals surface area contributed by atoms with Crippen LogP contribution in [0.4, 0.5) is 5.69 Å². The van der Waals surface area contributed by atoms with Gasteiger partial charge < -0.3 is 15.1 Å². The molecule has 4 heterocycles. The Morgan fingerprint density at radius 2 is 1.94 bits per heavy atom. The molecule has 1 spiro atoms. The molecular weight excluding hydrogens is 404 g/mol. The number of carbonyl (C=O) groups excluding carboxylic acids is 3. The molecule has 32 heavy (non-hydrogen) atoms. The minimum absolute atomic E-state index is 0.0140. The van der Waals surface area contributed by atoms with Crippen molar-refractivity contribution in [2.75, 3.05) is 37.6 Å². The SMILES string of the molecule is CC(C)CC(=O)N1CCCNC(=O)[C@@H]2C[C@@H]3CCCN3[C@@]23C(=O)N(CC1)c1ccccc13. The molecule has 1 aromatic rings. The van der Waals surface area contributed by atoms with Gasteiger partial charge in [0, 0.05) is 49.9 Å². The van der Waals surface area contributed by atoms with Gasteiger partial charge in [-0.2, -0.15) is 0 Å². The average Bonchev–Trinajstić information content (AvgIpc) is 3.40. The van der Waals surface area contributed by atoms with Crippen molar-refractivity contribution < 1.29 is 14.4 Å². The van der Waals surface area contributed by atoms with Crippen LogP contribution in [0.25, 0.3) is 0 Å². The van der Waals surface area contributed by atoms with Crippen molar-refractivity contribution in [3.63, 3.8) is 0 Å². The summed E-state index contributed by atoms with van der Waals surface area (Å²) in [5, 5.41) is 3.12. The lowest BCUT2D eigenvalue weighted by molar-refractivity contribution is -0.139. The zero-order chi connectivity index (χ0) is 22.5. The van der Waals surface area contributed by atoms with Gasteiger partial charge in [0.2, 0.25) is 11.8 Å². The quantitative estimate of drug-likeness (QED) is 0.768. The lowest BCUT2D eigenvalue weighted by Gasteiger charge is -2.38. The van der Waals surface area contributed by atoms with Crippen LogP contribution < -0.4 is 10.2 Å². The fourth-order valence-electron chi connectivity index (χ4n) is 6.45. The highest BCUT2D eigenvalue weighted by Crippen LogP contribution is 2.56. The fourth-order valence-corrected chi connectivity index (χ4v) is 6.45. The van der Waals surface area contributed by atoms with Gasteiger partial charge in [-0.05, 0) is 44.2 Å². The maximum Gasteiger partial charge on any atom is 0.253 e. The Morgan fingerprint density at radius 3 is 2.75 bits per heavy atom. The van der Waals surface area contributed by atoms with Gasteiger partial charge in [-0.3, -0.25) is 19.3 Å². The van der Waals surface area contributed by atoms with E-state index in [2.05, 4.69) is 10.2 Å². The van der Waals surface area contributed by atoms with Crippen molar-refractivity contribution in [2.45, 2.75) is 57.5 Å². The Hall–Kier alpha value is -2.41. The van der Waals surface area contributed by atoms with Gasteiger partial charge in [-0.15, -0.1) is 0 Å². The van der Waals surface area contributed by atoms with Gasteiger partial charge >= 0.3 is 0 Å². The van der Waals surface area contributed by atoms with E-state index in [9.17, 15) is 14.4 Å². The number of para-hydroxylation sites is 1. The third-order valence-electron chi connectivity index (χ3n) is 7.77. The van der Waals surface area contributed by atoms with Crippen LogP contribution in [0.3, 0.4) is 0 Å². The maximum atomic E-state index is 14.2. The molecule has 0 saturated carbocycles. The van der Waals surface area contributed by atoms with E-state index in [0.717, 1.165) is 43.5 Å². The smallest absolute Gasteiger partial charge is 0.253 e. The van der Waals surface area contributed by atoms with E-state index in [0.29, 0.717) is 32.6 Å². The highest BCUT2D eigenvalue weighted by atomic mass is 16.2. The van der Waals surface area contributed by atoms with Crippen molar-refractivity contribution in [3.05, 3.63) is 29.8 Å². The summed E-state index contributed by atoms with van der Waals surface area (Å²) in [6, 6.07) is 8.25. The molecule has 0 unspecified atom stereocenters. The Kier molecular flexibility index (Phi) is 5.48. The van der Waals surface area contributed by atoms with E-state index in [1.54, 1.807) is 0 Å². The summed E-state index contributed by atoms with van der Waals surface area (Å²) in [6.45, 7) is 7.05. The minimum atomic E-state index is -0.909. The zero-order valence-electron chi connectivity index (χ0n) is 19.2. The lowest BCUT2D eigenvalue weighted by Crippen LogP contribution is -2.57. The van der Waals surface area contributed by atoms with Crippen LogP contribution in [-0.2, 0) is 19.9 Å². The van der Waals surface area contributed by atoms with Gasteiger partial charge in [0.05, 0.1) is 5.92 Å². The lowest BCUT2D eigenvalue weighted by atomic mass is 9.78. The predicted molar refractivity (Wildman–Crippen MR) is 122 cm³/mol. The van der Waals surface area contributed by atoms with E-state index in [4.69, 9.17) is 0 Å². The summed E-state index contributed by atoms with van der Waals surface area (Å²) in [4.78, 5) is 46.6. The predicted octanol–water partition coefficient (Wildman–Crippen LogP) is 2.11. The summed E-state index contributed by atoms with van der Waals surface area (Å²) in [5.41, 5.74) is 0.959. The molecule has 3 fully saturated rings. The molecule has 4 aliphatic heterocycles. The summed E-state index contributed by atoms with van der Waals surface area (Å²) >= 11 is 0. The number of carbonyl (C=O) groups is 3. The maximum absolute atomic E-state index is 14.2. The van der Waals surface area contributed by atoms with E-state index >= 15 is 0 Å². The molecule has 172 valence electrons. The molecular formula is C25H34N4O3.